The Labute approximate surface area is 206 Å². The summed E-state index contributed by atoms with van der Waals surface area (Å²) in [5, 5.41) is 1.93. The van der Waals surface area contributed by atoms with Crippen LogP contribution in [0.25, 0.3) is 11.2 Å². The van der Waals surface area contributed by atoms with Crippen LogP contribution in [0.3, 0.4) is 0 Å². The minimum Gasteiger partial charge on any atom is -0.456 e. The van der Waals surface area contributed by atoms with Gasteiger partial charge in [-0.1, -0.05) is 0 Å². The Morgan fingerprint density at radius 2 is 1.97 bits per heavy atom. The van der Waals surface area contributed by atoms with Gasteiger partial charge in [0.25, 0.3) is 0 Å². The zero-order valence-electron chi connectivity index (χ0n) is 20.0. The number of hydrogen-bond donors (Lipinski definition) is 1. The highest BCUT2D eigenvalue weighted by Gasteiger charge is 2.50. The smallest absolute Gasteiger partial charge is 0.303 e. The van der Waals surface area contributed by atoms with Crippen molar-refractivity contribution in [1.82, 2.24) is 24.5 Å². The third kappa shape index (κ3) is 5.48. The molecular formula is C21H29ClN6O7. The summed E-state index contributed by atoms with van der Waals surface area (Å²) in [5.74, 6) is -0.703. The number of esters is 2. The number of aromatic nitrogens is 4. The first kappa shape index (κ1) is 25.5. The lowest BCUT2D eigenvalue weighted by Gasteiger charge is -2.25. The second-order valence-corrected chi connectivity index (χ2v) is 8.53. The van der Waals surface area contributed by atoms with Crippen molar-refractivity contribution in [3.63, 3.8) is 0 Å². The Hall–Kier alpha value is -2.58. The van der Waals surface area contributed by atoms with Crippen molar-refractivity contribution in [2.45, 2.75) is 64.4 Å². The number of halogens is 1. The van der Waals surface area contributed by atoms with Crippen LogP contribution in [0.15, 0.2) is 6.33 Å². The third-order valence-corrected chi connectivity index (χ3v) is 5.86. The molecule has 5 atom stereocenters. The molecule has 0 aliphatic carbocycles. The molecule has 0 amide bonds. The van der Waals surface area contributed by atoms with Crippen LogP contribution >= 0.6 is 11.6 Å². The fraction of sp³-hybridized carbons (Fsp3) is 0.667. The van der Waals surface area contributed by atoms with Crippen molar-refractivity contribution in [3.05, 3.63) is 11.6 Å². The molecule has 2 aromatic heterocycles. The van der Waals surface area contributed by atoms with Crippen LogP contribution < -0.4 is 5.43 Å². The van der Waals surface area contributed by atoms with Gasteiger partial charge in [0, 0.05) is 34.1 Å². The Bertz CT molecular complexity index is 1070. The standard InChI is InChI=1S/C21H29ClN6O7/c1-5-32-14-7-6-8-28(14)26-18-15-19(25-21(22)24-18)27(10-23-15)20-17(34-12(3)30)16(33-11(2)29)13(35-20)9-31-4/h10,13-14,16-17,20H,5-9H2,1-4H3,(H,24,25,26)/t13-,14?,16-,17-,20-/m1/s1. The maximum atomic E-state index is 11.9. The van der Waals surface area contributed by atoms with Gasteiger partial charge in [-0.15, -0.1) is 0 Å². The molecule has 0 spiro atoms. The van der Waals surface area contributed by atoms with Crippen LogP contribution in [0.4, 0.5) is 5.82 Å². The minimum atomic E-state index is -0.972. The number of imidazole rings is 1. The van der Waals surface area contributed by atoms with Crippen molar-refractivity contribution in [2.75, 3.05) is 32.3 Å². The van der Waals surface area contributed by atoms with Gasteiger partial charge >= 0.3 is 11.9 Å². The number of anilines is 1. The van der Waals surface area contributed by atoms with Gasteiger partial charge in [0.2, 0.25) is 5.28 Å². The van der Waals surface area contributed by atoms with Gasteiger partial charge in [0.1, 0.15) is 12.3 Å². The fourth-order valence-electron chi connectivity index (χ4n) is 4.40. The fourth-order valence-corrected chi connectivity index (χ4v) is 4.57. The van der Waals surface area contributed by atoms with Crippen molar-refractivity contribution in [1.29, 1.82) is 0 Å². The highest BCUT2D eigenvalue weighted by atomic mass is 35.5. The molecule has 2 aliphatic heterocycles. The van der Waals surface area contributed by atoms with E-state index in [4.69, 9.17) is 35.3 Å². The van der Waals surface area contributed by atoms with Gasteiger partial charge in [-0.05, 0) is 31.4 Å². The van der Waals surface area contributed by atoms with Crippen molar-refractivity contribution >= 4 is 40.5 Å². The molecular weight excluding hydrogens is 484 g/mol. The lowest BCUT2D eigenvalue weighted by Crippen LogP contribution is -2.40. The number of hydrazine groups is 1. The number of nitrogens with zero attached hydrogens (tertiary/aromatic N) is 5. The first-order valence-electron chi connectivity index (χ1n) is 11.4. The second kappa shape index (κ2) is 11.0. The Morgan fingerprint density at radius 1 is 1.23 bits per heavy atom. The van der Waals surface area contributed by atoms with E-state index in [1.165, 1.54) is 27.3 Å². The highest BCUT2D eigenvalue weighted by molar-refractivity contribution is 6.28. The summed E-state index contributed by atoms with van der Waals surface area (Å²) in [6.07, 6.45) is -0.229. The Balaban J connectivity index is 1.70. The minimum absolute atomic E-state index is 0.0130. The predicted molar refractivity (Wildman–Crippen MR) is 122 cm³/mol. The first-order valence-corrected chi connectivity index (χ1v) is 11.7. The lowest BCUT2D eigenvalue weighted by atomic mass is 10.1. The molecule has 14 heteroatoms. The van der Waals surface area contributed by atoms with E-state index in [-0.39, 0.29) is 18.1 Å². The average Bonchev–Trinajstić information content (AvgIpc) is 3.48. The zero-order chi connectivity index (χ0) is 25.1. The second-order valence-electron chi connectivity index (χ2n) is 8.19. The molecule has 0 radical (unpaired) electrons. The summed E-state index contributed by atoms with van der Waals surface area (Å²) in [5.41, 5.74) is 4.03. The van der Waals surface area contributed by atoms with Gasteiger partial charge in [0.05, 0.1) is 12.9 Å². The number of carbonyl (C=O) groups excluding carboxylic acids is 2. The molecule has 0 saturated carbocycles. The number of ether oxygens (including phenoxy) is 5. The SMILES string of the molecule is CCOC1CCCN1Nc1nc(Cl)nc2c1ncn2[C@@H]1O[C@H](COC)[C@@H](OC(C)=O)[C@H]1OC(C)=O. The van der Waals surface area contributed by atoms with E-state index < -0.39 is 36.5 Å². The summed E-state index contributed by atoms with van der Waals surface area (Å²) in [4.78, 5) is 36.8. The van der Waals surface area contributed by atoms with E-state index in [2.05, 4.69) is 20.4 Å². The topological polar surface area (TPSA) is 139 Å². The Morgan fingerprint density at radius 3 is 2.66 bits per heavy atom. The maximum Gasteiger partial charge on any atom is 0.303 e. The van der Waals surface area contributed by atoms with E-state index in [9.17, 15) is 9.59 Å². The molecule has 1 unspecified atom stereocenters. The van der Waals surface area contributed by atoms with Crippen LogP contribution in [0.1, 0.15) is 39.8 Å². The quantitative estimate of drug-likeness (QED) is 0.386. The van der Waals surface area contributed by atoms with E-state index in [0.717, 1.165) is 19.4 Å². The maximum absolute atomic E-state index is 11.9. The monoisotopic (exact) mass is 512 g/mol. The number of hydrogen-bond acceptors (Lipinski definition) is 12. The number of methoxy groups -OCH3 is 1. The predicted octanol–water partition coefficient (Wildman–Crippen LogP) is 1.67. The van der Waals surface area contributed by atoms with E-state index in [1.54, 1.807) is 4.57 Å². The third-order valence-electron chi connectivity index (χ3n) is 5.70. The van der Waals surface area contributed by atoms with Gasteiger partial charge in [-0.3, -0.25) is 19.6 Å². The number of rotatable bonds is 9. The van der Waals surface area contributed by atoms with Crippen LogP contribution in [-0.4, -0.2) is 87.9 Å². The molecule has 2 aliphatic rings. The van der Waals surface area contributed by atoms with Gasteiger partial charge in [-0.25, -0.2) is 4.98 Å². The summed E-state index contributed by atoms with van der Waals surface area (Å²) >= 11 is 6.27. The highest BCUT2D eigenvalue weighted by Crippen LogP contribution is 2.37. The summed E-state index contributed by atoms with van der Waals surface area (Å²) in [6.45, 7) is 5.93. The average molecular weight is 513 g/mol. The van der Waals surface area contributed by atoms with Crippen molar-refractivity contribution in [3.8, 4) is 0 Å². The van der Waals surface area contributed by atoms with E-state index in [1.807, 2.05) is 11.9 Å². The van der Waals surface area contributed by atoms with Gasteiger partial charge in [0.15, 0.2) is 35.4 Å². The van der Waals surface area contributed by atoms with Crippen LogP contribution in [0, 0.1) is 0 Å². The molecule has 2 aromatic rings. The summed E-state index contributed by atoms with van der Waals surface area (Å²) in [7, 11) is 1.49. The van der Waals surface area contributed by atoms with Gasteiger partial charge in [-0.2, -0.15) is 15.0 Å². The molecule has 0 bridgehead atoms. The van der Waals surface area contributed by atoms with Gasteiger partial charge < -0.3 is 23.7 Å². The van der Waals surface area contributed by atoms with Crippen molar-refractivity contribution in [2.24, 2.45) is 0 Å². The lowest BCUT2D eigenvalue weighted by molar-refractivity contribution is -0.165. The molecule has 4 rings (SSSR count). The molecule has 192 valence electrons. The molecule has 2 fully saturated rings. The van der Waals surface area contributed by atoms with Crippen LogP contribution in [-0.2, 0) is 33.3 Å². The molecule has 1 N–H and O–H groups in total. The normalized spacial score (nSPS) is 26.8. The summed E-state index contributed by atoms with van der Waals surface area (Å²) in [6, 6.07) is 0. The molecule has 35 heavy (non-hydrogen) atoms. The molecule has 4 heterocycles. The summed E-state index contributed by atoms with van der Waals surface area (Å²) < 4.78 is 29.7. The Kier molecular flexibility index (Phi) is 8.02. The number of fused-ring (bicyclic) bond motifs is 1. The molecule has 13 nitrogen and oxygen atoms in total. The molecule has 2 saturated heterocycles. The van der Waals surface area contributed by atoms with Crippen LogP contribution in [0.5, 0.6) is 0 Å². The zero-order valence-corrected chi connectivity index (χ0v) is 20.7. The first-order chi connectivity index (χ1) is 16.8. The van der Waals surface area contributed by atoms with Crippen molar-refractivity contribution < 1.29 is 33.3 Å². The molecule has 0 aromatic carbocycles. The van der Waals surface area contributed by atoms with E-state index >= 15 is 0 Å². The van der Waals surface area contributed by atoms with Crippen LogP contribution in [0.2, 0.25) is 5.28 Å². The largest absolute Gasteiger partial charge is 0.456 e. The van der Waals surface area contributed by atoms with E-state index in [0.29, 0.717) is 23.6 Å². The number of carbonyl (C=O) groups is 2. The number of nitrogens with one attached hydrogen (secondary N) is 1.